The number of halogens is 1. The zero-order valence-corrected chi connectivity index (χ0v) is 16.0. The molecular formula is C23H27FNO3+. The number of nitrogens with one attached hydrogen (secondary N) is 1. The van der Waals surface area contributed by atoms with Crippen LogP contribution in [0.4, 0.5) is 4.39 Å². The molecule has 0 spiro atoms. The fourth-order valence-electron chi connectivity index (χ4n) is 5.51. The van der Waals surface area contributed by atoms with Crippen LogP contribution in [0, 0.1) is 11.7 Å². The lowest BCUT2D eigenvalue weighted by Gasteiger charge is -2.50. The molecule has 2 aliphatic heterocycles. The quantitative estimate of drug-likeness (QED) is 0.855. The molecule has 28 heavy (non-hydrogen) atoms. The molecule has 1 saturated heterocycles. The Morgan fingerprint density at radius 3 is 2.82 bits per heavy atom. The Morgan fingerprint density at radius 2 is 1.93 bits per heavy atom. The summed E-state index contributed by atoms with van der Waals surface area (Å²) in [6.07, 6.45) is 4.88. The van der Waals surface area contributed by atoms with Crippen molar-refractivity contribution >= 4 is 0 Å². The van der Waals surface area contributed by atoms with Gasteiger partial charge in [-0.3, -0.25) is 0 Å². The minimum atomic E-state index is -0.613. The van der Waals surface area contributed by atoms with Crippen molar-refractivity contribution in [2.75, 3.05) is 13.3 Å². The number of likely N-dealkylation sites (tertiary alicyclic amines) is 1. The summed E-state index contributed by atoms with van der Waals surface area (Å²) in [4.78, 5) is 1.32. The van der Waals surface area contributed by atoms with Crippen molar-refractivity contribution in [3.8, 4) is 11.5 Å². The highest BCUT2D eigenvalue weighted by Gasteiger charge is 2.51. The normalized spacial score (nSPS) is 31.4. The number of aliphatic hydroxyl groups is 1. The average molecular weight is 384 g/mol. The molecule has 3 aliphatic rings. The van der Waals surface area contributed by atoms with E-state index in [1.165, 1.54) is 11.0 Å². The number of piperidine rings is 1. The van der Waals surface area contributed by atoms with Crippen molar-refractivity contribution < 1.29 is 23.9 Å². The van der Waals surface area contributed by atoms with Crippen LogP contribution < -0.4 is 14.4 Å². The van der Waals surface area contributed by atoms with Crippen LogP contribution in [-0.2, 0) is 6.54 Å². The SMILES string of the molecule is O[C@]12CCCC[C@@H]1[C@H](c1ccc3c(c1)OCO3)[NH+](Cc1ccccc1F)CC2. The van der Waals surface area contributed by atoms with Crippen molar-refractivity contribution in [1.29, 1.82) is 0 Å². The molecule has 0 bridgehead atoms. The maximum absolute atomic E-state index is 14.4. The molecule has 2 aromatic carbocycles. The van der Waals surface area contributed by atoms with E-state index in [1.807, 2.05) is 18.2 Å². The molecule has 4 atom stereocenters. The molecule has 1 aliphatic carbocycles. The van der Waals surface area contributed by atoms with Crippen molar-refractivity contribution in [2.24, 2.45) is 5.92 Å². The first kappa shape index (κ1) is 18.0. The molecule has 2 N–H and O–H groups in total. The Labute approximate surface area is 164 Å². The van der Waals surface area contributed by atoms with Gasteiger partial charge in [-0.05, 0) is 37.1 Å². The Kier molecular flexibility index (Phi) is 4.52. The molecule has 0 amide bonds. The minimum absolute atomic E-state index is 0.119. The Hall–Kier alpha value is -2.11. The average Bonchev–Trinajstić information content (AvgIpc) is 3.17. The number of rotatable bonds is 3. The maximum Gasteiger partial charge on any atom is 0.231 e. The van der Waals surface area contributed by atoms with Crippen LogP contribution >= 0.6 is 0 Å². The lowest BCUT2D eigenvalue weighted by molar-refractivity contribution is -0.958. The van der Waals surface area contributed by atoms with E-state index in [1.54, 1.807) is 6.07 Å². The molecule has 148 valence electrons. The van der Waals surface area contributed by atoms with E-state index >= 15 is 0 Å². The van der Waals surface area contributed by atoms with Gasteiger partial charge < -0.3 is 19.5 Å². The first-order valence-corrected chi connectivity index (χ1v) is 10.3. The molecule has 4 nitrogen and oxygen atoms in total. The molecule has 2 aromatic rings. The summed E-state index contributed by atoms with van der Waals surface area (Å²) in [6, 6.07) is 13.3. The minimum Gasteiger partial charge on any atom is -0.454 e. The van der Waals surface area contributed by atoms with Gasteiger partial charge in [-0.2, -0.15) is 0 Å². The first-order chi connectivity index (χ1) is 13.6. The summed E-state index contributed by atoms with van der Waals surface area (Å²) >= 11 is 0. The molecule has 0 aromatic heterocycles. The number of quaternary nitrogens is 1. The fraction of sp³-hybridized carbons (Fsp3) is 0.478. The second-order valence-corrected chi connectivity index (χ2v) is 8.47. The second kappa shape index (κ2) is 7.05. The lowest BCUT2D eigenvalue weighted by atomic mass is 9.66. The van der Waals surface area contributed by atoms with Gasteiger partial charge in [0.1, 0.15) is 18.4 Å². The third kappa shape index (κ3) is 3.07. The van der Waals surface area contributed by atoms with Gasteiger partial charge in [-0.1, -0.05) is 31.0 Å². The Bertz CT molecular complexity index is 873. The van der Waals surface area contributed by atoms with Crippen molar-refractivity contribution in [1.82, 2.24) is 0 Å². The van der Waals surface area contributed by atoms with E-state index in [0.29, 0.717) is 6.54 Å². The molecule has 1 unspecified atom stereocenters. The van der Waals surface area contributed by atoms with Gasteiger partial charge in [0, 0.05) is 23.5 Å². The summed E-state index contributed by atoms with van der Waals surface area (Å²) in [7, 11) is 0. The van der Waals surface area contributed by atoms with Gasteiger partial charge in [0.05, 0.1) is 12.1 Å². The topological polar surface area (TPSA) is 43.1 Å². The van der Waals surface area contributed by atoms with E-state index in [9.17, 15) is 9.50 Å². The van der Waals surface area contributed by atoms with Crippen LogP contribution in [-0.4, -0.2) is 24.0 Å². The van der Waals surface area contributed by atoms with E-state index in [4.69, 9.17) is 9.47 Å². The molecule has 0 radical (unpaired) electrons. The number of hydrogen-bond acceptors (Lipinski definition) is 3. The van der Waals surface area contributed by atoms with Crippen molar-refractivity contribution in [3.63, 3.8) is 0 Å². The van der Waals surface area contributed by atoms with Gasteiger partial charge in [0.2, 0.25) is 6.79 Å². The monoisotopic (exact) mass is 384 g/mol. The summed E-state index contributed by atoms with van der Waals surface area (Å²) < 4.78 is 25.5. The predicted molar refractivity (Wildman–Crippen MR) is 103 cm³/mol. The predicted octanol–water partition coefficient (Wildman–Crippen LogP) is 3.01. The van der Waals surface area contributed by atoms with Gasteiger partial charge in [0.25, 0.3) is 0 Å². The Morgan fingerprint density at radius 1 is 1.07 bits per heavy atom. The van der Waals surface area contributed by atoms with Crippen molar-refractivity contribution in [2.45, 2.75) is 50.3 Å². The van der Waals surface area contributed by atoms with Crippen LogP contribution in [0.5, 0.6) is 11.5 Å². The van der Waals surface area contributed by atoms with Crippen molar-refractivity contribution in [3.05, 3.63) is 59.4 Å². The molecule has 5 rings (SSSR count). The zero-order chi connectivity index (χ0) is 19.1. The number of benzene rings is 2. The summed E-state index contributed by atoms with van der Waals surface area (Å²) in [6.45, 7) is 1.71. The van der Waals surface area contributed by atoms with E-state index in [2.05, 4.69) is 12.1 Å². The Balaban J connectivity index is 1.53. The third-order valence-electron chi connectivity index (χ3n) is 6.92. The van der Waals surface area contributed by atoms with E-state index in [0.717, 1.165) is 61.3 Å². The molecule has 2 fully saturated rings. The number of hydrogen-bond donors (Lipinski definition) is 2. The van der Waals surface area contributed by atoms with E-state index in [-0.39, 0.29) is 24.6 Å². The smallest absolute Gasteiger partial charge is 0.231 e. The molecule has 2 heterocycles. The van der Waals surface area contributed by atoms with Crippen LogP contribution in [0.15, 0.2) is 42.5 Å². The van der Waals surface area contributed by atoms with Crippen LogP contribution in [0.2, 0.25) is 0 Å². The molecule has 5 heteroatoms. The highest BCUT2D eigenvalue weighted by molar-refractivity contribution is 5.45. The highest BCUT2D eigenvalue weighted by Crippen LogP contribution is 2.45. The maximum atomic E-state index is 14.4. The van der Waals surface area contributed by atoms with Crippen LogP contribution in [0.25, 0.3) is 0 Å². The van der Waals surface area contributed by atoms with Gasteiger partial charge >= 0.3 is 0 Å². The lowest BCUT2D eigenvalue weighted by Crippen LogP contribution is -3.13. The first-order valence-electron chi connectivity index (χ1n) is 10.3. The summed E-state index contributed by atoms with van der Waals surface area (Å²) in [5.74, 6) is 1.57. The number of fused-ring (bicyclic) bond motifs is 2. The zero-order valence-electron chi connectivity index (χ0n) is 16.0. The standard InChI is InChI=1S/C23H26FNO3/c24-19-7-2-1-5-17(19)14-25-12-11-23(26)10-4-3-6-18(23)22(25)16-8-9-20-21(13-16)28-15-27-20/h1-2,5,7-9,13,18,22,26H,3-4,6,10-12,14-15H2/p+1/t18-,22+,23+/m1/s1. The van der Waals surface area contributed by atoms with Crippen LogP contribution in [0.3, 0.4) is 0 Å². The second-order valence-electron chi connectivity index (χ2n) is 8.47. The van der Waals surface area contributed by atoms with Gasteiger partial charge in [-0.15, -0.1) is 0 Å². The molecule has 1 saturated carbocycles. The molecular weight excluding hydrogens is 357 g/mol. The third-order valence-corrected chi connectivity index (χ3v) is 6.92. The number of ether oxygens (including phenoxy) is 2. The van der Waals surface area contributed by atoms with E-state index < -0.39 is 5.60 Å². The summed E-state index contributed by atoms with van der Waals surface area (Å²) in [5.41, 5.74) is 1.28. The highest BCUT2D eigenvalue weighted by atomic mass is 19.1. The fourth-order valence-corrected chi connectivity index (χ4v) is 5.51. The summed E-state index contributed by atoms with van der Waals surface area (Å²) in [5, 5.41) is 11.4. The van der Waals surface area contributed by atoms with Gasteiger partial charge in [0.15, 0.2) is 11.5 Å². The largest absolute Gasteiger partial charge is 0.454 e. The van der Waals surface area contributed by atoms with Gasteiger partial charge in [-0.25, -0.2) is 4.39 Å². The van der Waals surface area contributed by atoms with Crippen LogP contribution in [0.1, 0.15) is 49.3 Å².